The van der Waals surface area contributed by atoms with Gasteiger partial charge in [-0.1, -0.05) is 29.4 Å². The third-order valence-electron chi connectivity index (χ3n) is 2.36. The highest BCUT2D eigenvalue weighted by Crippen LogP contribution is 2.15. The van der Waals surface area contributed by atoms with E-state index in [1.807, 2.05) is 24.3 Å². The van der Waals surface area contributed by atoms with E-state index in [-0.39, 0.29) is 0 Å². The number of ether oxygens (including phenoxy) is 1. The van der Waals surface area contributed by atoms with Gasteiger partial charge in [-0.05, 0) is 10.7 Å². The summed E-state index contributed by atoms with van der Waals surface area (Å²) in [6.07, 6.45) is 0. The van der Waals surface area contributed by atoms with E-state index in [0.29, 0.717) is 30.7 Å². The van der Waals surface area contributed by atoms with Gasteiger partial charge in [0.2, 0.25) is 0 Å². The molecule has 0 saturated heterocycles. The van der Waals surface area contributed by atoms with Crippen molar-refractivity contribution in [3.8, 4) is 0 Å². The fourth-order valence-electron chi connectivity index (χ4n) is 1.58. The largest absolute Gasteiger partial charge is 0.470 e. The fourth-order valence-corrected chi connectivity index (χ4v) is 1.81. The Balaban J connectivity index is 2.41. The Bertz CT molecular complexity index is 474. The summed E-state index contributed by atoms with van der Waals surface area (Å²) >= 11 is 5.91. The third-order valence-corrected chi connectivity index (χ3v) is 2.65. The van der Waals surface area contributed by atoms with Crippen LogP contribution in [0.15, 0.2) is 34.6 Å². The second-order valence-electron chi connectivity index (χ2n) is 3.49. The zero-order valence-corrected chi connectivity index (χ0v) is 10.7. The Morgan fingerprint density at radius 1 is 1.44 bits per heavy atom. The molecule has 0 aromatic heterocycles. The number of hydrogen-bond donors (Lipinski definition) is 0. The second-order valence-corrected chi connectivity index (χ2v) is 3.76. The highest BCUT2D eigenvalue weighted by Gasteiger charge is 2.20. The van der Waals surface area contributed by atoms with Crippen LogP contribution in [0, 0.1) is 0 Å². The highest BCUT2D eigenvalue weighted by molar-refractivity contribution is 6.45. The monoisotopic (exact) mass is 268 g/mol. The molecule has 0 saturated carbocycles. The first-order valence-electron chi connectivity index (χ1n) is 5.45. The predicted octanol–water partition coefficient (Wildman–Crippen LogP) is 2.14. The molecule has 1 aliphatic rings. The van der Waals surface area contributed by atoms with E-state index in [1.54, 1.807) is 0 Å². The maximum atomic E-state index is 5.91. The first kappa shape index (κ1) is 12.7. The second kappa shape index (κ2) is 6.26. The number of halogens is 1. The zero-order valence-electron chi connectivity index (χ0n) is 9.93. The van der Waals surface area contributed by atoms with Crippen molar-refractivity contribution >= 4 is 23.2 Å². The molecule has 0 unspecified atom stereocenters. The van der Waals surface area contributed by atoms with E-state index in [9.17, 15) is 0 Å². The SMILES string of the molecule is CON=C(C1=NOCCO1)c1ccccc1CCl. The van der Waals surface area contributed by atoms with Gasteiger partial charge in [0.15, 0.2) is 12.3 Å². The maximum Gasteiger partial charge on any atom is 0.280 e. The molecule has 0 atom stereocenters. The van der Waals surface area contributed by atoms with Gasteiger partial charge in [-0.3, -0.25) is 0 Å². The van der Waals surface area contributed by atoms with Crippen LogP contribution in [0.3, 0.4) is 0 Å². The molecule has 1 heterocycles. The molecule has 0 amide bonds. The zero-order chi connectivity index (χ0) is 12.8. The Morgan fingerprint density at radius 3 is 2.94 bits per heavy atom. The fraction of sp³-hybridized carbons (Fsp3) is 0.333. The van der Waals surface area contributed by atoms with Crippen molar-refractivity contribution in [2.75, 3.05) is 20.3 Å². The molecule has 0 spiro atoms. The summed E-state index contributed by atoms with van der Waals surface area (Å²) in [5.41, 5.74) is 2.22. The Hall–Kier alpha value is -1.75. The van der Waals surface area contributed by atoms with E-state index in [0.717, 1.165) is 11.1 Å². The van der Waals surface area contributed by atoms with Crippen molar-refractivity contribution in [2.24, 2.45) is 10.3 Å². The molecule has 5 nitrogen and oxygen atoms in total. The van der Waals surface area contributed by atoms with Crippen molar-refractivity contribution in [2.45, 2.75) is 5.88 Å². The van der Waals surface area contributed by atoms with Crippen molar-refractivity contribution < 1.29 is 14.4 Å². The Morgan fingerprint density at radius 2 is 2.28 bits per heavy atom. The molecule has 0 fully saturated rings. The van der Waals surface area contributed by atoms with Crippen molar-refractivity contribution in [3.05, 3.63) is 35.4 Å². The maximum absolute atomic E-state index is 5.91. The van der Waals surface area contributed by atoms with Crippen molar-refractivity contribution in [3.63, 3.8) is 0 Å². The molecule has 2 rings (SSSR count). The van der Waals surface area contributed by atoms with Gasteiger partial charge in [-0.25, -0.2) is 0 Å². The molecule has 1 aromatic carbocycles. The van der Waals surface area contributed by atoms with E-state index in [4.69, 9.17) is 26.0 Å². The van der Waals surface area contributed by atoms with Crippen LogP contribution in [-0.4, -0.2) is 31.9 Å². The third kappa shape index (κ3) is 2.73. The van der Waals surface area contributed by atoms with Crippen molar-refractivity contribution in [1.82, 2.24) is 0 Å². The normalized spacial score (nSPS) is 15.4. The standard InChI is InChI=1S/C12H13ClN2O3/c1-16-14-11(12-15-18-7-6-17-12)10-5-3-2-4-9(10)8-13/h2-5H,6-8H2,1H3. The van der Waals surface area contributed by atoms with Crippen LogP contribution in [0.4, 0.5) is 0 Å². The van der Waals surface area contributed by atoms with Gasteiger partial charge in [0.05, 0.1) is 0 Å². The number of oxime groups is 2. The van der Waals surface area contributed by atoms with E-state index in [2.05, 4.69) is 10.3 Å². The lowest BCUT2D eigenvalue weighted by Gasteiger charge is -2.16. The lowest BCUT2D eigenvalue weighted by molar-refractivity contribution is 0.0672. The summed E-state index contributed by atoms with van der Waals surface area (Å²) in [5, 5.41) is 7.79. The molecule has 0 N–H and O–H groups in total. The van der Waals surface area contributed by atoms with Gasteiger partial charge >= 0.3 is 0 Å². The minimum Gasteiger partial charge on any atom is -0.470 e. The molecule has 0 aliphatic carbocycles. The lowest BCUT2D eigenvalue weighted by atomic mass is 10.0. The molecule has 1 aromatic rings. The van der Waals surface area contributed by atoms with Gasteiger partial charge in [0.25, 0.3) is 5.90 Å². The van der Waals surface area contributed by atoms with Crippen LogP contribution in [-0.2, 0) is 20.3 Å². The van der Waals surface area contributed by atoms with E-state index in [1.165, 1.54) is 7.11 Å². The molecule has 6 heteroatoms. The molecule has 18 heavy (non-hydrogen) atoms. The number of hydrogen-bond acceptors (Lipinski definition) is 5. The average Bonchev–Trinajstić information content (AvgIpc) is 2.46. The summed E-state index contributed by atoms with van der Waals surface area (Å²) in [5.74, 6) is 0.674. The minimum absolute atomic E-state index is 0.306. The highest BCUT2D eigenvalue weighted by atomic mass is 35.5. The average molecular weight is 269 g/mol. The molecule has 96 valence electrons. The van der Waals surface area contributed by atoms with Gasteiger partial charge in [0.1, 0.15) is 13.7 Å². The smallest absolute Gasteiger partial charge is 0.280 e. The minimum atomic E-state index is 0.306. The van der Waals surface area contributed by atoms with E-state index < -0.39 is 0 Å². The van der Waals surface area contributed by atoms with Gasteiger partial charge in [-0.15, -0.1) is 11.6 Å². The van der Waals surface area contributed by atoms with Gasteiger partial charge in [0, 0.05) is 11.4 Å². The first-order chi connectivity index (χ1) is 8.86. The van der Waals surface area contributed by atoms with Crippen molar-refractivity contribution in [1.29, 1.82) is 0 Å². The van der Waals surface area contributed by atoms with Gasteiger partial charge in [-0.2, -0.15) is 0 Å². The number of nitrogens with zero attached hydrogens (tertiary/aromatic N) is 2. The topological polar surface area (TPSA) is 52.4 Å². The Labute approximate surface area is 110 Å². The van der Waals surface area contributed by atoms with Crippen LogP contribution in [0.5, 0.6) is 0 Å². The summed E-state index contributed by atoms with van der Waals surface area (Å²) < 4.78 is 5.42. The molecule has 0 radical (unpaired) electrons. The molecular weight excluding hydrogens is 256 g/mol. The Kier molecular flexibility index (Phi) is 4.41. The number of benzene rings is 1. The summed E-state index contributed by atoms with van der Waals surface area (Å²) in [6.45, 7) is 0.867. The van der Waals surface area contributed by atoms with Crippen LogP contribution >= 0.6 is 11.6 Å². The van der Waals surface area contributed by atoms with Crippen LogP contribution in [0.1, 0.15) is 11.1 Å². The summed E-state index contributed by atoms with van der Waals surface area (Å²) in [6, 6.07) is 7.60. The quantitative estimate of drug-likeness (QED) is 0.478. The summed E-state index contributed by atoms with van der Waals surface area (Å²) in [7, 11) is 1.47. The number of rotatable bonds is 4. The van der Waals surface area contributed by atoms with E-state index >= 15 is 0 Å². The molecule has 0 bridgehead atoms. The van der Waals surface area contributed by atoms with Gasteiger partial charge < -0.3 is 14.4 Å². The lowest BCUT2D eigenvalue weighted by Crippen LogP contribution is -2.26. The predicted molar refractivity (Wildman–Crippen MR) is 68.9 cm³/mol. The molecular formula is C12H13ClN2O3. The summed E-state index contributed by atoms with van der Waals surface area (Å²) in [4.78, 5) is 9.84. The number of alkyl halides is 1. The van der Waals surface area contributed by atoms with Crippen LogP contribution in [0.25, 0.3) is 0 Å². The molecule has 1 aliphatic heterocycles. The first-order valence-corrected chi connectivity index (χ1v) is 5.98. The van der Waals surface area contributed by atoms with Crippen LogP contribution < -0.4 is 0 Å². The van der Waals surface area contributed by atoms with Crippen LogP contribution in [0.2, 0.25) is 0 Å².